The SMILES string of the molecule is CC(=O)N1CCc2ccccc2C1CC(=O)N1CCN(S(=O)(=O)c2c(C)c(C)cc(C)c2C)CC1. The number of aryl methyl sites for hydroxylation is 2. The smallest absolute Gasteiger partial charge is 0.243 e. The van der Waals surface area contributed by atoms with E-state index < -0.39 is 10.0 Å². The van der Waals surface area contributed by atoms with Crippen LogP contribution in [0.5, 0.6) is 0 Å². The Balaban J connectivity index is 1.49. The summed E-state index contributed by atoms with van der Waals surface area (Å²) < 4.78 is 28.6. The quantitative estimate of drug-likeness (QED) is 0.650. The molecule has 8 heteroatoms. The second kappa shape index (κ2) is 9.74. The first-order chi connectivity index (χ1) is 16.5. The van der Waals surface area contributed by atoms with E-state index in [2.05, 4.69) is 6.07 Å². The number of carbonyl (C=O) groups excluding carboxylic acids is 2. The zero-order valence-corrected chi connectivity index (χ0v) is 22.1. The number of rotatable bonds is 4. The predicted octanol–water partition coefficient (Wildman–Crippen LogP) is 3.29. The molecule has 2 aromatic rings. The Morgan fingerprint density at radius 3 is 2.11 bits per heavy atom. The fraction of sp³-hybridized carbons (Fsp3) is 0.481. The van der Waals surface area contributed by atoms with E-state index in [1.54, 1.807) is 16.7 Å². The number of carbonyl (C=O) groups is 2. The van der Waals surface area contributed by atoms with Crippen molar-refractivity contribution >= 4 is 21.8 Å². The molecule has 2 amide bonds. The molecular weight excluding hydrogens is 462 g/mol. The number of nitrogens with zero attached hydrogens (tertiary/aromatic N) is 3. The molecule has 0 radical (unpaired) electrons. The van der Waals surface area contributed by atoms with Crippen LogP contribution in [0, 0.1) is 27.7 Å². The summed E-state index contributed by atoms with van der Waals surface area (Å²) in [6.45, 7) is 10.9. The van der Waals surface area contributed by atoms with Crippen LogP contribution in [0.15, 0.2) is 35.2 Å². The van der Waals surface area contributed by atoms with Crippen molar-refractivity contribution in [2.45, 2.75) is 58.4 Å². The van der Waals surface area contributed by atoms with E-state index in [-0.39, 0.29) is 37.4 Å². The van der Waals surface area contributed by atoms with E-state index in [0.717, 1.165) is 34.2 Å². The highest BCUT2D eigenvalue weighted by molar-refractivity contribution is 7.89. The number of hydrogen-bond donors (Lipinski definition) is 0. The molecule has 0 aromatic heterocycles. The first-order valence-electron chi connectivity index (χ1n) is 12.2. The Hall–Kier alpha value is -2.71. The van der Waals surface area contributed by atoms with Crippen LogP contribution in [-0.2, 0) is 26.0 Å². The van der Waals surface area contributed by atoms with Crippen molar-refractivity contribution in [2.75, 3.05) is 32.7 Å². The molecule has 7 nitrogen and oxygen atoms in total. The molecule has 0 bridgehead atoms. The van der Waals surface area contributed by atoms with Crippen molar-refractivity contribution in [2.24, 2.45) is 0 Å². The summed E-state index contributed by atoms with van der Waals surface area (Å²) >= 11 is 0. The number of hydrogen-bond acceptors (Lipinski definition) is 4. The minimum absolute atomic E-state index is 0.0348. The standard InChI is InChI=1S/C27H35N3O4S/c1-18-16-19(2)21(4)27(20(18)3)35(33,34)29-14-12-28(13-15-29)26(32)17-25-24-9-7-6-8-23(24)10-11-30(25)22(5)31/h6-9,16,25H,10-15,17H2,1-5H3. The lowest BCUT2D eigenvalue weighted by Crippen LogP contribution is -2.51. The van der Waals surface area contributed by atoms with E-state index in [4.69, 9.17) is 0 Å². The highest BCUT2D eigenvalue weighted by Gasteiger charge is 2.35. The van der Waals surface area contributed by atoms with Gasteiger partial charge in [0.15, 0.2) is 0 Å². The molecule has 0 N–H and O–H groups in total. The Morgan fingerprint density at radius 1 is 0.914 bits per heavy atom. The molecule has 2 heterocycles. The van der Waals surface area contributed by atoms with Crippen LogP contribution >= 0.6 is 0 Å². The Morgan fingerprint density at radius 2 is 1.51 bits per heavy atom. The molecule has 1 atom stereocenters. The van der Waals surface area contributed by atoms with Gasteiger partial charge in [-0.15, -0.1) is 0 Å². The van der Waals surface area contributed by atoms with Crippen molar-refractivity contribution < 1.29 is 18.0 Å². The fourth-order valence-corrected chi connectivity index (χ4v) is 7.42. The highest BCUT2D eigenvalue weighted by Crippen LogP contribution is 2.33. The van der Waals surface area contributed by atoms with Crippen LogP contribution < -0.4 is 0 Å². The van der Waals surface area contributed by atoms with Gasteiger partial charge in [0.2, 0.25) is 21.8 Å². The minimum Gasteiger partial charge on any atom is -0.340 e. The summed E-state index contributed by atoms with van der Waals surface area (Å²) in [6, 6.07) is 9.73. The average Bonchev–Trinajstić information content (AvgIpc) is 2.83. The summed E-state index contributed by atoms with van der Waals surface area (Å²) in [5, 5.41) is 0. The molecule has 0 aliphatic carbocycles. The lowest BCUT2D eigenvalue weighted by atomic mass is 9.90. The monoisotopic (exact) mass is 497 g/mol. The lowest BCUT2D eigenvalue weighted by molar-refractivity contribution is -0.137. The largest absolute Gasteiger partial charge is 0.340 e. The predicted molar refractivity (Wildman–Crippen MR) is 136 cm³/mol. The topological polar surface area (TPSA) is 78.0 Å². The number of sulfonamides is 1. The maximum atomic E-state index is 13.6. The molecule has 2 aliphatic heterocycles. The lowest BCUT2D eigenvalue weighted by Gasteiger charge is -2.39. The highest BCUT2D eigenvalue weighted by atomic mass is 32.2. The van der Waals surface area contributed by atoms with Crippen LogP contribution in [0.1, 0.15) is 52.8 Å². The van der Waals surface area contributed by atoms with Crippen LogP contribution in [0.2, 0.25) is 0 Å². The molecule has 1 fully saturated rings. The Bertz CT molecular complexity index is 1240. The van der Waals surface area contributed by atoms with E-state index in [9.17, 15) is 18.0 Å². The van der Waals surface area contributed by atoms with Gasteiger partial charge >= 0.3 is 0 Å². The summed E-state index contributed by atoms with van der Waals surface area (Å²) in [6.07, 6.45) is 0.993. The van der Waals surface area contributed by atoms with Crippen LogP contribution in [0.25, 0.3) is 0 Å². The molecule has 0 spiro atoms. The molecule has 35 heavy (non-hydrogen) atoms. The van der Waals surface area contributed by atoms with Gasteiger partial charge in [0.05, 0.1) is 17.4 Å². The number of piperazine rings is 1. The van der Waals surface area contributed by atoms with E-state index in [0.29, 0.717) is 24.5 Å². The van der Waals surface area contributed by atoms with Crippen molar-refractivity contribution in [3.8, 4) is 0 Å². The molecule has 4 rings (SSSR count). The molecule has 188 valence electrons. The van der Waals surface area contributed by atoms with Gasteiger partial charge in [0, 0.05) is 39.6 Å². The van der Waals surface area contributed by atoms with Crippen molar-refractivity contribution in [1.82, 2.24) is 14.1 Å². The van der Waals surface area contributed by atoms with Crippen LogP contribution in [0.3, 0.4) is 0 Å². The van der Waals surface area contributed by atoms with Crippen LogP contribution in [-0.4, -0.2) is 67.1 Å². The normalized spacial score (nSPS) is 18.9. The zero-order chi connectivity index (χ0) is 25.5. The molecule has 1 saturated heterocycles. The summed E-state index contributed by atoms with van der Waals surface area (Å²) in [5.41, 5.74) is 5.70. The number of benzene rings is 2. The van der Waals surface area contributed by atoms with E-state index in [1.165, 1.54) is 9.87 Å². The molecule has 0 saturated carbocycles. The van der Waals surface area contributed by atoms with Gasteiger partial charge in [-0.05, 0) is 67.5 Å². The first kappa shape index (κ1) is 25.4. The minimum atomic E-state index is -3.66. The van der Waals surface area contributed by atoms with E-state index >= 15 is 0 Å². The third-order valence-corrected chi connectivity index (χ3v) is 9.84. The van der Waals surface area contributed by atoms with Crippen molar-refractivity contribution in [3.05, 3.63) is 63.7 Å². The third-order valence-electron chi connectivity index (χ3n) is 7.67. The Kier molecular flexibility index (Phi) is 7.06. The van der Waals surface area contributed by atoms with Gasteiger partial charge in [0.1, 0.15) is 0 Å². The van der Waals surface area contributed by atoms with Gasteiger partial charge in [-0.2, -0.15) is 4.31 Å². The van der Waals surface area contributed by atoms with Gasteiger partial charge in [-0.25, -0.2) is 8.42 Å². The second-order valence-corrected chi connectivity index (χ2v) is 11.6. The average molecular weight is 498 g/mol. The second-order valence-electron chi connectivity index (χ2n) is 9.76. The summed E-state index contributed by atoms with van der Waals surface area (Å²) in [7, 11) is -3.66. The summed E-state index contributed by atoms with van der Waals surface area (Å²) in [5.74, 6) is -0.0823. The number of amides is 2. The molecular formula is C27H35N3O4S. The number of fused-ring (bicyclic) bond motifs is 1. The van der Waals surface area contributed by atoms with Crippen molar-refractivity contribution in [3.63, 3.8) is 0 Å². The fourth-order valence-electron chi connectivity index (χ4n) is 5.42. The van der Waals surface area contributed by atoms with Gasteiger partial charge in [-0.1, -0.05) is 30.3 Å². The van der Waals surface area contributed by atoms with E-state index in [1.807, 2.05) is 52.0 Å². The van der Waals surface area contributed by atoms with Gasteiger partial charge < -0.3 is 9.80 Å². The molecule has 2 aliphatic rings. The Labute approximate surface area is 208 Å². The maximum Gasteiger partial charge on any atom is 0.243 e. The van der Waals surface area contributed by atoms with Crippen molar-refractivity contribution in [1.29, 1.82) is 0 Å². The zero-order valence-electron chi connectivity index (χ0n) is 21.3. The van der Waals surface area contributed by atoms with Gasteiger partial charge in [0.25, 0.3) is 0 Å². The van der Waals surface area contributed by atoms with Crippen LogP contribution in [0.4, 0.5) is 0 Å². The first-order valence-corrected chi connectivity index (χ1v) is 13.7. The molecule has 2 aromatic carbocycles. The summed E-state index contributed by atoms with van der Waals surface area (Å²) in [4.78, 5) is 29.5. The van der Waals surface area contributed by atoms with Gasteiger partial charge in [-0.3, -0.25) is 9.59 Å². The maximum absolute atomic E-state index is 13.6. The molecule has 1 unspecified atom stereocenters. The third kappa shape index (κ3) is 4.74.